The van der Waals surface area contributed by atoms with E-state index in [0.717, 1.165) is 18.6 Å². The number of aliphatic carboxylic acids is 1. The molecule has 0 aliphatic carbocycles. The highest BCUT2D eigenvalue weighted by Gasteiger charge is 2.17. The lowest BCUT2D eigenvalue weighted by Crippen LogP contribution is -2.46. The molecule has 0 rings (SSSR count). The first-order valence-corrected chi connectivity index (χ1v) is 8.44. The molecule has 20 heavy (non-hydrogen) atoms. The van der Waals surface area contributed by atoms with Crippen molar-refractivity contribution in [3.63, 3.8) is 0 Å². The van der Waals surface area contributed by atoms with E-state index in [-0.39, 0.29) is 24.0 Å². The van der Waals surface area contributed by atoms with E-state index in [9.17, 15) is 9.59 Å². The summed E-state index contributed by atoms with van der Waals surface area (Å²) < 4.78 is 0. The lowest BCUT2D eigenvalue weighted by atomic mass is 10.0. The molecule has 3 unspecified atom stereocenters. The fraction of sp³-hybridized carbons (Fsp3) is 0.857. The van der Waals surface area contributed by atoms with Crippen molar-refractivity contribution in [2.24, 2.45) is 5.92 Å². The molecule has 0 aliphatic rings. The zero-order chi connectivity index (χ0) is 15.7. The van der Waals surface area contributed by atoms with Gasteiger partial charge in [0.2, 0.25) is 0 Å². The van der Waals surface area contributed by atoms with Gasteiger partial charge >= 0.3 is 12.0 Å². The molecular weight excluding hydrogens is 276 g/mol. The summed E-state index contributed by atoms with van der Waals surface area (Å²) in [5, 5.41) is 11.8. The molecule has 3 atom stereocenters. The standard InChI is InChI=1S/C14H28N2O3S/c1-10(13(17)18)7-6-8-11(2)15-14(19)16(4)12(3)9-20-5/h10-12H,6-9H2,1-5H3,(H,15,19)(H,17,18). The van der Waals surface area contributed by atoms with Crippen LogP contribution in [0.4, 0.5) is 4.79 Å². The van der Waals surface area contributed by atoms with Crippen LogP contribution in [0.25, 0.3) is 0 Å². The molecule has 0 spiro atoms. The van der Waals surface area contributed by atoms with Crippen molar-refractivity contribution in [3.05, 3.63) is 0 Å². The van der Waals surface area contributed by atoms with Crippen molar-refractivity contribution >= 4 is 23.8 Å². The summed E-state index contributed by atoms with van der Waals surface area (Å²) in [4.78, 5) is 24.4. The summed E-state index contributed by atoms with van der Waals surface area (Å²) in [7, 11) is 1.80. The highest BCUT2D eigenvalue weighted by molar-refractivity contribution is 7.98. The van der Waals surface area contributed by atoms with E-state index in [1.807, 2.05) is 20.1 Å². The Labute approximate surface area is 126 Å². The summed E-state index contributed by atoms with van der Waals surface area (Å²) in [6.07, 6.45) is 4.27. The van der Waals surface area contributed by atoms with Gasteiger partial charge in [-0.2, -0.15) is 11.8 Å². The Bertz CT molecular complexity index is 313. The number of nitrogens with zero attached hydrogens (tertiary/aromatic N) is 1. The summed E-state index contributed by atoms with van der Waals surface area (Å²) in [6, 6.07) is 0.196. The molecule has 2 N–H and O–H groups in total. The number of hydrogen-bond acceptors (Lipinski definition) is 3. The minimum atomic E-state index is -0.757. The second kappa shape index (κ2) is 9.91. The molecule has 5 nitrogen and oxygen atoms in total. The van der Waals surface area contributed by atoms with Crippen molar-refractivity contribution in [2.45, 2.75) is 52.1 Å². The molecule has 0 bridgehead atoms. The van der Waals surface area contributed by atoms with Crippen molar-refractivity contribution in [1.29, 1.82) is 0 Å². The fourth-order valence-electron chi connectivity index (χ4n) is 1.79. The number of thioether (sulfide) groups is 1. The Morgan fingerprint density at radius 1 is 1.25 bits per heavy atom. The molecule has 0 aliphatic heterocycles. The number of nitrogens with one attached hydrogen (secondary N) is 1. The molecule has 0 aromatic heterocycles. The van der Waals surface area contributed by atoms with E-state index >= 15 is 0 Å². The Hall–Kier alpha value is -0.910. The predicted octanol–water partition coefficient (Wildman–Crippen LogP) is 2.66. The van der Waals surface area contributed by atoms with E-state index in [4.69, 9.17) is 5.11 Å². The van der Waals surface area contributed by atoms with Crippen LogP contribution in [0, 0.1) is 5.92 Å². The van der Waals surface area contributed by atoms with Crippen LogP contribution in [0.5, 0.6) is 0 Å². The van der Waals surface area contributed by atoms with Crippen molar-refractivity contribution in [3.8, 4) is 0 Å². The van der Waals surface area contributed by atoms with Crippen LogP contribution in [-0.2, 0) is 4.79 Å². The molecule has 6 heteroatoms. The van der Waals surface area contributed by atoms with E-state index < -0.39 is 5.97 Å². The minimum absolute atomic E-state index is 0.0624. The predicted molar refractivity (Wildman–Crippen MR) is 84.3 cm³/mol. The van der Waals surface area contributed by atoms with Crippen molar-refractivity contribution in [2.75, 3.05) is 19.1 Å². The Morgan fingerprint density at radius 3 is 2.35 bits per heavy atom. The van der Waals surface area contributed by atoms with Crippen LogP contribution in [-0.4, -0.2) is 53.1 Å². The number of urea groups is 1. The van der Waals surface area contributed by atoms with Gasteiger partial charge in [-0.15, -0.1) is 0 Å². The molecule has 0 saturated carbocycles. The van der Waals surface area contributed by atoms with Gasteiger partial charge in [-0.05, 0) is 32.9 Å². The lowest BCUT2D eigenvalue weighted by molar-refractivity contribution is -0.141. The number of rotatable bonds is 9. The molecule has 0 saturated heterocycles. The van der Waals surface area contributed by atoms with E-state index in [1.165, 1.54) is 0 Å². The van der Waals surface area contributed by atoms with Gasteiger partial charge in [0.05, 0.1) is 5.92 Å². The maximum atomic E-state index is 12.0. The maximum absolute atomic E-state index is 12.0. The Morgan fingerprint density at radius 2 is 1.85 bits per heavy atom. The van der Waals surface area contributed by atoms with Crippen LogP contribution in [0.3, 0.4) is 0 Å². The van der Waals surface area contributed by atoms with Gasteiger partial charge in [-0.25, -0.2) is 4.79 Å². The topological polar surface area (TPSA) is 69.6 Å². The zero-order valence-electron chi connectivity index (χ0n) is 13.2. The van der Waals surface area contributed by atoms with Gasteiger partial charge in [0.25, 0.3) is 0 Å². The van der Waals surface area contributed by atoms with Crippen LogP contribution in [0.15, 0.2) is 0 Å². The smallest absolute Gasteiger partial charge is 0.317 e. The number of carboxylic acid groups (broad SMARTS) is 1. The first-order chi connectivity index (χ1) is 9.29. The first kappa shape index (κ1) is 19.1. The highest BCUT2D eigenvalue weighted by Crippen LogP contribution is 2.10. The molecule has 0 aromatic carbocycles. The molecule has 0 aromatic rings. The molecule has 2 amide bonds. The third kappa shape index (κ3) is 7.62. The van der Waals surface area contributed by atoms with Crippen molar-refractivity contribution < 1.29 is 14.7 Å². The number of carbonyl (C=O) groups is 2. The summed E-state index contributed by atoms with van der Waals surface area (Å²) in [5.74, 6) is -0.163. The summed E-state index contributed by atoms with van der Waals surface area (Å²) in [5.41, 5.74) is 0. The van der Waals surface area contributed by atoms with Gasteiger partial charge in [0, 0.05) is 24.9 Å². The molecule has 0 heterocycles. The van der Waals surface area contributed by atoms with Gasteiger partial charge in [-0.1, -0.05) is 13.3 Å². The van der Waals surface area contributed by atoms with Gasteiger partial charge in [0.1, 0.15) is 0 Å². The second-order valence-electron chi connectivity index (χ2n) is 5.44. The quantitative estimate of drug-likeness (QED) is 0.687. The Kier molecular flexibility index (Phi) is 9.46. The average molecular weight is 304 g/mol. The third-order valence-corrected chi connectivity index (χ3v) is 4.27. The van der Waals surface area contributed by atoms with E-state index in [0.29, 0.717) is 6.42 Å². The zero-order valence-corrected chi connectivity index (χ0v) is 14.0. The average Bonchev–Trinajstić information content (AvgIpc) is 2.37. The van der Waals surface area contributed by atoms with E-state index in [2.05, 4.69) is 5.32 Å². The van der Waals surface area contributed by atoms with Crippen LogP contribution in [0.2, 0.25) is 0 Å². The van der Waals surface area contributed by atoms with Gasteiger partial charge in [0.15, 0.2) is 0 Å². The fourth-order valence-corrected chi connectivity index (χ4v) is 2.50. The Balaban J connectivity index is 3.98. The number of amides is 2. The maximum Gasteiger partial charge on any atom is 0.317 e. The minimum Gasteiger partial charge on any atom is -0.481 e. The molecule has 0 radical (unpaired) electrons. The van der Waals surface area contributed by atoms with Crippen LogP contribution in [0.1, 0.15) is 40.0 Å². The normalized spacial score (nSPS) is 15.2. The van der Waals surface area contributed by atoms with E-state index in [1.54, 1.807) is 30.6 Å². The summed E-state index contributed by atoms with van der Waals surface area (Å²) >= 11 is 1.72. The molecular formula is C14H28N2O3S. The largest absolute Gasteiger partial charge is 0.481 e. The number of carbonyl (C=O) groups excluding carboxylic acids is 1. The highest BCUT2D eigenvalue weighted by atomic mass is 32.2. The van der Waals surface area contributed by atoms with Gasteiger partial charge in [-0.3, -0.25) is 4.79 Å². The lowest BCUT2D eigenvalue weighted by Gasteiger charge is -2.26. The molecule has 0 fully saturated rings. The molecule has 118 valence electrons. The van der Waals surface area contributed by atoms with Crippen molar-refractivity contribution in [1.82, 2.24) is 10.2 Å². The SMILES string of the molecule is CSCC(C)N(C)C(=O)NC(C)CCCC(C)C(=O)O. The van der Waals surface area contributed by atoms with Crippen LogP contribution < -0.4 is 5.32 Å². The first-order valence-electron chi connectivity index (χ1n) is 7.04. The monoisotopic (exact) mass is 304 g/mol. The van der Waals surface area contributed by atoms with Gasteiger partial charge < -0.3 is 15.3 Å². The summed E-state index contributed by atoms with van der Waals surface area (Å²) in [6.45, 7) is 5.69. The third-order valence-electron chi connectivity index (χ3n) is 3.46. The number of hydrogen-bond donors (Lipinski definition) is 2. The number of carboxylic acids is 1. The second-order valence-corrected chi connectivity index (χ2v) is 6.35. The van der Waals surface area contributed by atoms with Crippen LogP contribution >= 0.6 is 11.8 Å².